The molecule has 228 valence electrons. The summed E-state index contributed by atoms with van der Waals surface area (Å²) in [7, 11) is 1.42. The number of amides is 3. The third-order valence-electron chi connectivity index (χ3n) is 7.46. The molecule has 1 saturated carbocycles. The van der Waals surface area contributed by atoms with E-state index < -0.39 is 23.6 Å². The number of carbonyl (C=O) groups is 5. The van der Waals surface area contributed by atoms with Gasteiger partial charge < -0.3 is 24.6 Å². The predicted octanol–water partition coefficient (Wildman–Crippen LogP) is 2.22. The van der Waals surface area contributed by atoms with Crippen LogP contribution < -0.4 is 5.32 Å². The van der Waals surface area contributed by atoms with Gasteiger partial charge in [-0.25, -0.2) is 0 Å². The van der Waals surface area contributed by atoms with Crippen molar-refractivity contribution >= 4 is 41.2 Å². The number of imide groups is 1. The molecule has 0 aromatic carbocycles. The van der Waals surface area contributed by atoms with Gasteiger partial charge in [-0.05, 0) is 44.4 Å². The molecule has 0 aromatic rings. The highest BCUT2D eigenvalue weighted by molar-refractivity contribution is 8.00. The van der Waals surface area contributed by atoms with Crippen LogP contribution in [0, 0.1) is 11.8 Å². The number of rotatable bonds is 19. The van der Waals surface area contributed by atoms with E-state index in [4.69, 9.17) is 19.3 Å². The van der Waals surface area contributed by atoms with Crippen molar-refractivity contribution in [1.29, 1.82) is 0 Å². The number of aliphatic hydroxyl groups excluding tert-OH is 1. The Labute approximate surface area is 241 Å². The fourth-order valence-corrected chi connectivity index (χ4v) is 6.00. The molecule has 1 aliphatic carbocycles. The third kappa shape index (κ3) is 11.5. The minimum absolute atomic E-state index is 0.0412. The Kier molecular flexibility index (Phi) is 15.7. The number of nitrogens with zero attached hydrogens (tertiary/aromatic N) is 1. The molecule has 2 aliphatic rings. The maximum atomic E-state index is 12.8. The predicted molar refractivity (Wildman–Crippen MR) is 149 cm³/mol. The van der Waals surface area contributed by atoms with Gasteiger partial charge in [0.1, 0.15) is 12.4 Å². The summed E-state index contributed by atoms with van der Waals surface area (Å²) in [6.45, 7) is 4.30. The number of carbonyl (C=O) groups excluding carboxylic acids is 5. The SMILES string of the molecule is CCC(=O)C1CCC(CN2C(=O)CC(SCCNC(=O)CCCC(=O)OCC(CC)OC(CO)OC)C2=O)CC1. The van der Waals surface area contributed by atoms with Crippen LogP contribution in [0.3, 0.4) is 0 Å². The van der Waals surface area contributed by atoms with E-state index in [1.54, 1.807) is 0 Å². The fourth-order valence-electron chi connectivity index (χ4n) is 4.96. The summed E-state index contributed by atoms with van der Waals surface area (Å²) >= 11 is 1.38. The molecule has 2 N–H and O–H groups in total. The molecule has 40 heavy (non-hydrogen) atoms. The van der Waals surface area contributed by atoms with E-state index in [1.165, 1.54) is 23.8 Å². The number of hydrogen-bond donors (Lipinski definition) is 2. The summed E-state index contributed by atoms with van der Waals surface area (Å²) in [5.41, 5.74) is 0. The van der Waals surface area contributed by atoms with E-state index in [9.17, 15) is 24.0 Å². The second-order valence-electron chi connectivity index (χ2n) is 10.3. The van der Waals surface area contributed by atoms with Crippen LogP contribution in [-0.4, -0.2) is 96.3 Å². The first-order valence-corrected chi connectivity index (χ1v) is 15.5. The lowest BCUT2D eigenvalue weighted by Gasteiger charge is -2.30. The van der Waals surface area contributed by atoms with Gasteiger partial charge in [-0.3, -0.25) is 28.9 Å². The first-order chi connectivity index (χ1) is 19.2. The lowest BCUT2D eigenvalue weighted by Crippen LogP contribution is -2.37. The standard InChI is InChI=1S/C28H46N2O9S/c1-4-21(39-27(17-31)37-3)18-38-26(35)8-6-7-24(33)29-13-14-40-23-15-25(34)30(28(23)36)16-19-9-11-20(12-10-19)22(32)5-2/h19-21,23,27,31H,4-18H2,1-3H3,(H,29,33). The van der Waals surface area contributed by atoms with Gasteiger partial charge in [0, 0.05) is 57.6 Å². The normalized spacial score (nSPS) is 22.7. The van der Waals surface area contributed by atoms with Crippen LogP contribution in [0.4, 0.5) is 0 Å². The van der Waals surface area contributed by atoms with Crippen molar-refractivity contribution in [3.8, 4) is 0 Å². The molecule has 3 atom stereocenters. The summed E-state index contributed by atoms with van der Waals surface area (Å²) < 4.78 is 15.6. The van der Waals surface area contributed by atoms with E-state index >= 15 is 0 Å². The molecule has 0 spiro atoms. The number of likely N-dealkylation sites (tertiary alicyclic amines) is 1. The van der Waals surface area contributed by atoms with Gasteiger partial charge in [0.25, 0.3) is 0 Å². The summed E-state index contributed by atoms with van der Waals surface area (Å²) in [5.74, 6) is 0.266. The van der Waals surface area contributed by atoms with Crippen molar-refractivity contribution in [2.75, 3.05) is 39.2 Å². The molecule has 1 aliphatic heterocycles. The number of aliphatic hydroxyl groups is 1. The molecule has 1 saturated heterocycles. The van der Waals surface area contributed by atoms with Gasteiger partial charge in [-0.15, -0.1) is 11.8 Å². The minimum Gasteiger partial charge on any atom is -0.463 e. The number of nitrogens with one attached hydrogen (secondary N) is 1. The van der Waals surface area contributed by atoms with Crippen molar-refractivity contribution < 1.29 is 43.3 Å². The molecule has 12 heteroatoms. The van der Waals surface area contributed by atoms with Gasteiger partial charge in [0.2, 0.25) is 17.7 Å². The van der Waals surface area contributed by atoms with Crippen molar-refractivity contribution in [3.63, 3.8) is 0 Å². The van der Waals surface area contributed by atoms with Crippen LogP contribution in [0.5, 0.6) is 0 Å². The second-order valence-corrected chi connectivity index (χ2v) is 11.7. The van der Waals surface area contributed by atoms with Crippen LogP contribution >= 0.6 is 11.8 Å². The molecule has 2 rings (SSSR count). The maximum absolute atomic E-state index is 12.8. The second kappa shape index (κ2) is 18.4. The Bertz CT molecular complexity index is 844. The Morgan fingerprint density at radius 2 is 1.85 bits per heavy atom. The lowest BCUT2D eigenvalue weighted by molar-refractivity contribution is -0.188. The lowest BCUT2D eigenvalue weighted by atomic mass is 9.79. The summed E-state index contributed by atoms with van der Waals surface area (Å²) in [4.78, 5) is 62.7. The Morgan fingerprint density at radius 3 is 2.48 bits per heavy atom. The zero-order chi connectivity index (χ0) is 29.5. The first kappa shape index (κ1) is 34.2. The molecular weight excluding hydrogens is 540 g/mol. The fraction of sp³-hybridized carbons (Fsp3) is 0.821. The van der Waals surface area contributed by atoms with Gasteiger partial charge in [0.05, 0.1) is 18.0 Å². The van der Waals surface area contributed by atoms with Crippen molar-refractivity contribution in [3.05, 3.63) is 0 Å². The number of ether oxygens (including phenoxy) is 3. The average Bonchev–Trinajstić information content (AvgIpc) is 3.22. The Hall–Kier alpha value is -2.02. The number of methoxy groups -OCH3 is 1. The largest absolute Gasteiger partial charge is 0.463 e. The molecule has 0 radical (unpaired) electrons. The van der Waals surface area contributed by atoms with Gasteiger partial charge in [-0.2, -0.15) is 0 Å². The van der Waals surface area contributed by atoms with Crippen LogP contribution in [-0.2, 0) is 38.2 Å². The van der Waals surface area contributed by atoms with Crippen molar-refractivity contribution in [2.45, 2.75) is 95.7 Å². The highest BCUT2D eigenvalue weighted by Crippen LogP contribution is 2.33. The van der Waals surface area contributed by atoms with E-state index in [0.717, 1.165) is 25.7 Å². The zero-order valence-electron chi connectivity index (χ0n) is 24.1. The molecule has 0 aromatic heterocycles. The van der Waals surface area contributed by atoms with Gasteiger partial charge >= 0.3 is 5.97 Å². The van der Waals surface area contributed by atoms with Gasteiger partial charge in [-0.1, -0.05) is 13.8 Å². The van der Waals surface area contributed by atoms with Crippen LogP contribution in [0.1, 0.15) is 78.1 Å². The summed E-state index contributed by atoms with van der Waals surface area (Å²) in [5, 5.41) is 11.5. The van der Waals surface area contributed by atoms with Gasteiger partial charge in [0.15, 0.2) is 6.29 Å². The van der Waals surface area contributed by atoms with E-state index in [2.05, 4.69) is 5.32 Å². The molecular formula is C28H46N2O9S. The minimum atomic E-state index is -0.772. The smallest absolute Gasteiger partial charge is 0.305 e. The number of esters is 1. The highest BCUT2D eigenvalue weighted by atomic mass is 32.2. The van der Waals surface area contributed by atoms with E-state index in [1.807, 2.05) is 13.8 Å². The molecule has 2 fully saturated rings. The van der Waals surface area contributed by atoms with Crippen molar-refractivity contribution in [2.24, 2.45) is 11.8 Å². The quantitative estimate of drug-likeness (QED) is 0.0999. The molecule has 3 amide bonds. The number of hydrogen-bond acceptors (Lipinski definition) is 10. The highest BCUT2D eigenvalue weighted by Gasteiger charge is 2.40. The van der Waals surface area contributed by atoms with Crippen molar-refractivity contribution in [1.82, 2.24) is 10.2 Å². The molecule has 0 bridgehead atoms. The van der Waals surface area contributed by atoms with Crippen LogP contribution in [0.25, 0.3) is 0 Å². The number of thioether (sulfide) groups is 1. The maximum Gasteiger partial charge on any atom is 0.305 e. The topological polar surface area (TPSA) is 149 Å². The Morgan fingerprint density at radius 1 is 1.12 bits per heavy atom. The third-order valence-corrected chi connectivity index (χ3v) is 8.67. The van der Waals surface area contributed by atoms with E-state index in [0.29, 0.717) is 43.9 Å². The van der Waals surface area contributed by atoms with Crippen LogP contribution in [0.15, 0.2) is 0 Å². The Balaban J connectivity index is 1.57. The molecule has 3 unspecified atom stereocenters. The average molecular weight is 587 g/mol. The van der Waals surface area contributed by atoms with E-state index in [-0.39, 0.29) is 62.0 Å². The molecule has 11 nitrogen and oxygen atoms in total. The summed E-state index contributed by atoms with van der Waals surface area (Å²) in [6, 6.07) is 0. The number of ketones is 1. The summed E-state index contributed by atoms with van der Waals surface area (Å²) in [6.07, 6.45) is 4.15. The first-order valence-electron chi connectivity index (χ1n) is 14.4. The number of Topliss-reactive ketones (excluding diaryl/α,β-unsaturated/α-hetero) is 1. The monoisotopic (exact) mass is 586 g/mol. The zero-order valence-corrected chi connectivity index (χ0v) is 24.9. The molecule has 1 heterocycles. The van der Waals surface area contributed by atoms with Crippen LogP contribution in [0.2, 0.25) is 0 Å².